The van der Waals surface area contributed by atoms with Crippen molar-refractivity contribution in [2.24, 2.45) is 0 Å². The summed E-state index contributed by atoms with van der Waals surface area (Å²) in [7, 11) is 2.20. The lowest BCUT2D eigenvalue weighted by atomic mass is 10.0. The van der Waals surface area contributed by atoms with Crippen LogP contribution in [0.5, 0.6) is 0 Å². The van der Waals surface area contributed by atoms with Gasteiger partial charge >= 0.3 is 0 Å². The summed E-state index contributed by atoms with van der Waals surface area (Å²) in [6.45, 7) is 6.75. The lowest BCUT2D eigenvalue weighted by Crippen LogP contribution is -2.37. The monoisotopic (exact) mass is 296 g/mol. The van der Waals surface area contributed by atoms with E-state index in [-0.39, 0.29) is 0 Å². The first-order chi connectivity index (χ1) is 8.06. The van der Waals surface area contributed by atoms with Crippen molar-refractivity contribution in [1.29, 1.82) is 0 Å². The highest BCUT2D eigenvalue weighted by Gasteiger charge is 2.17. The number of halogens is 1. The van der Waals surface area contributed by atoms with Crippen LogP contribution in [-0.4, -0.2) is 31.1 Å². The van der Waals surface area contributed by atoms with Crippen LogP contribution >= 0.6 is 15.9 Å². The number of piperidine rings is 1. The summed E-state index contributed by atoms with van der Waals surface area (Å²) < 4.78 is 1.17. The van der Waals surface area contributed by atoms with Crippen LogP contribution in [0.3, 0.4) is 0 Å². The predicted octanol–water partition coefficient (Wildman–Crippen LogP) is 3.57. The number of anilines is 1. The molecule has 0 aliphatic carbocycles. The van der Waals surface area contributed by atoms with E-state index in [4.69, 9.17) is 0 Å². The molecular formula is C14H21BrN2. The van der Waals surface area contributed by atoms with E-state index in [9.17, 15) is 0 Å². The largest absolute Gasteiger partial charge is 0.382 e. The SMILES string of the molecule is Cc1cc(Br)cc(C)c1NC1CCN(C)CC1. The zero-order valence-electron chi connectivity index (χ0n) is 10.9. The molecule has 2 rings (SSSR count). The highest BCUT2D eigenvalue weighted by molar-refractivity contribution is 9.10. The van der Waals surface area contributed by atoms with Gasteiger partial charge in [-0.25, -0.2) is 0 Å². The smallest absolute Gasteiger partial charge is 0.0402 e. The van der Waals surface area contributed by atoms with Gasteiger partial charge in [-0.2, -0.15) is 0 Å². The molecule has 1 aromatic rings. The maximum atomic E-state index is 3.72. The molecule has 3 heteroatoms. The molecule has 1 aliphatic rings. The molecule has 17 heavy (non-hydrogen) atoms. The molecule has 2 nitrogen and oxygen atoms in total. The van der Waals surface area contributed by atoms with Gasteiger partial charge in [-0.05, 0) is 70.1 Å². The van der Waals surface area contributed by atoms with Crippen LogP contribution in [0.4, 0.5) is 5.69 Å². The average Bonchev–Trinajstić information content (AvgIpc) is 2.26. The third kappa shape index (κ3) is 3.23. The van der Waals surface area contributed by atoms with Crippen LogP contribution in [0.1, 0.15) is 24.0 Å². The fourth-order valence-corrected chi connectivity index (χ4v) is 3.18. The third-order valence-electron chi connectivity index (χ3n) is 3.56. The van der Waals surface area contributed by atoms with Gasteiger partial charge in [0.1, 0.15) is 0 Å². The molecular weight excluding hydrogens is 276 g/mol. The summed E-state index contributed by atoms with van der Waals surface area (Å²) >= 11 is 3.55. The van der Waals surface area contributed by atoms with Crippen molar-refractivity contribution in [3.8, 4) is 0 Å². The van der Waals surface area contributed by atoms with Crippen LogP contribution in [0, 0.1) is 13.8 Å². The predicted molar refractivity (Wildman–Crippen MR) is 77.8 cm³/mol. The van der Waals surface area contributed by atoms with Gasteiger partial charge in [0.15, 0.2) is 0 Å². The summed E-state index contributed by atoms with van der Waals surface area (Å²) in [6.07, 6.45) is 2.48. The van der Waals surface area contributed by atoms with Gasteiger partial charge in [-0.15, -0.1) is 0 Å². The van der Waals surface area contributed by atoms with Crippen LogP contribution in [0.25, 0.3) is 0 Å². The molecule has 1 saturated heterocycles. The maximum absolute atomic E-state index is 3.72. The highest BCUT2D eigenvalue weighted by atomic mass is 79.9. The molecule has 0 unspecified atom stereocenters. The summed E-state index contributed by atoms with van der Waals surface area (Å²) in [5.74, 6) is 0. The van der Waals surface area contributed by atoms with Crippen molar-refractivity contribution >= 4 is 21.6 Å². The van der Waals surface area contributed by atoms with Crippen molar-refractivity contribution < 1.29 is 0 Å². The first kappa shape index (κ1) is 12.9. The van der Waals surface area contributed by atoms with E-state index in [2.05, 4.69) is 59.2 Å². The summed E-state index contributed by atoms with van der Waals surface area (Å²) in [5.41, 5.74) is 3.98. The van der Waals surface area contributed by atoms with Crippen molar-refractivity contribution in [1.82, 2.24) is 4.90 Å². The molecule has 1 heterocycles. The minimum atomic E-state index is 0.629. The molecule has 0 aromatic heterocycles. The number of aryl methyl sites for hydroxylation is 2. The van der Waals surface area contributed by atoms with E-state index in [0.29, 0.717) is 6.04 Å². The zero-order valence-corrected chi connectivity index (χ0v) is 12.5. The van der Waals surface area contributed by atoms with E-state index in [1.165, 1.54) is 47.2 Å². The van der Waals surface area contributed by atoms with Gasteiger partial charge in [0.2, 0.25) is 0 Å². The first-order valence-corrected chi connectivity index (χ1v) is 7.07. The standard InChI is InChI=1S/C14H21BrN2/c1-10-8-12(15)9-11(2)14(10)16-13-4-6-17(3)7-5-13/h8-9,13,16H,4-7H2,1-3H3. The third-order valence-corrected chi connectivity index (χ3v) is 4.02. The molecule has 0 bridgehead atoms. The van der Waals surface area contributed by atoms with E-state index in [1.54, 1.807) is 0 Å². The fourth-order valence-electron chi connectivity index (χ4n) is 2.50. The van der Waals surface area contributed by atoms with E-state index < -0.39 is 0 Å². The highest BCUT2D eigenvalue weighted by Crippen LogP contribution is 2.27. The zero-order chi connectivity index (χ0) is 12.4. The minimum Gasteiger partial charge on any atom is -0.382 e. The Kier molecular flexibility index (Phi) is 4.10. The van der Waals surface area contributed by atoms with Crippen LogP contribution in [0.2, 0.25) is 0 Å². The Labute approximate surface area is 113 Å². The second-order valence-electron chi connectivity index (χ2n) is 5.14. The number of likely N-dealkylation sites (tertiary alicyclic amines) is 1. The van der Waals surface area contributed by atoms with Gasteiger partial charge in [0, 0.05) is 16.2 Å². The lowest BCUT2D eigenvalue weighted by molar-refractivity contribution is 0.264. The van der Waals surface area contributed by atoms with Gasteiger partial charge in [0.25, 0.3) is 0 Å². The normalized spacial score (nSPS) is 18.4. The van der Waals surface area contributed by atoms with Gasteiger partial charge in [0.05, 0.1) is 0 Å². The van der Waals surface area contributed by atoms with Crippen LogP contribution in [-0.2, 0) is 0 Å². The number of hydrogen-bond acceptors (Lipinski definition) is 2. The summed E-state index contributed by atoms with van der Waals surface area (Å²) in [5, 5.41) is 3.72. The second kappa shape index (κ2) is 5.40. The Hall–Kier alpha value is -0.540. The Morgan fingerprint density at radius 1 is 1.18 bits per heavy atom. The van der Waals surface area contributed by atoms with Gasteiger partial charge in [-0.1, -0.05) is 15.9 Å². The van der Waals surface area contributed by atoms with Gasteiger partial charge in [-0.3, -0.25) is 0 Å². The average molecular weight is 297 g/mol. The molecule has 1 aliphatic heterocycles. The molecule has 1 N–H and O–H groups in total. The number of rotatable bonds is 2. The van der Waals surface area contributed by atoms with Crippen molar-refractivity contribution in [2.75, 3.05) is 25.5 Å². The molecule has 0 saturated carbocycles. The Bertz CT molecular complexity index is 372. The van der Waals surface area contributed by atoms with Crippen LogP contribution < -0.4 is 5.32 Å². The molecule has 0 amide bonds. The van der Waals surface area contributed by atoms with Crippen molar-refractivity contribution in [3.05, 3.63) is 27.7 Å². The number of nitrogens with zero attached hydrogens (tertiary/aromatic N) is 1. The van der Waals surface area contributed by atoms with E-state index in [0.717, 1.165) is 0 Å². The van der Waals surface area contributed by atoms with E-state index in [1.807, 2.05) is 0 Å². The number of hydrogen-bond donors (Lipinski definition) is 1. The summed E-state index contributed by atoms with van der Waals surface area (Å²) in [6, 6.07) is 5.00. The number of nitrogens with one attached hydrogen (secondary N) is 1. The Morgan fingerprint density at radius 3 is 2.24 bits per heavy atom. The van der Waals surface area contributed by atoms with Crippen molar-refractivity contribution in [3.63, 3.8) is 0 Å². The quantitative estimate of drug-likeness (QED) is 0.897. The second-order valence-corrected chi connectivity index (χ2v) is 6.05. The summed E-state index contributed by atoms with van der Waals surface area (Å²) in [4.78, 5) is 2.40. The van der Waals surface area contributed by atoms with Crippen LogP contribution in [0.15, 0.2) is 16.6 Å². The number of benzene rings is 1. The molecule has 1 fully saturated rings. The first-order valence-electron chi connectivity index (χ1n) is 6.28. The van der Waals surface area contributed by atoms with Crippen molar-refractivity contribution in [2.45, 2.75) is 32.7 Å². The molecule has 0 spiro atoms. The molecule has 1 aromatic carbocycles. The molecule has 0 atom stereocenters. The Morgan fingerprint density at radius 2 is 1.71 bits per heavy atom. The fraction of sp³-hybridized carbons (Fsp3) is 0.571. The van der Waals surface area contributed by atoms with E-state index >= 15 is 0 Å². The van der Waals surface area contributed by atoms with Gasteiger partial charge < -0.3 is 10.2 Å². The maximum Gasteiger partial charge on any atom is 0.0402 e. The Balaban J connectivity index is 2.08. The minimum absolute atomic E-state index is 0.629. The molecule has 94 valence electrons. The topological polar surface area (TPSA) is 15.3 Å². The molecule has 0 radical (unpaired) electrons. The lowest BCUT2D eigenvalue weighted by Gasteiger charge is -2.31.